The zero-order valence-corrected chi connectivity index (χ0v) is 13.5. The summed E-state index contributed by atoms with van der Waals surface area (Å²) < 4.78 is 0. The number of nitro groups is 1. The summed E-state index contributed by atoms with van der Waals surface area (Å²) in [4.78, 5) is 21.3. The smallest absolute Gasteiger partial charge is 0.353 e. The monoisotopic (exact) mass is 328 g/mol. The van der Waals surface area contributed by atoms with Gasteiger partial charge < -0.3 is 16.0 Å². The first-order valence-corrected chi connectivity index (χ1v) is 7.93. The molecule has 2 heterocycles. The molecular formula is C16H20N6O2. The molecule has 0 radical (unpaired) electrons. The largest absolute Gasteiger partial charge is 0.378 e. The summed E-state index contributed by atoms with van der Waals surface area (Å²) in [7, 11) is 0. The van der Waals surface area contributed by atoms with Crippen LogP contribution in [0.4, 0.5) is 29.0 Å². The van der Waals surface area contributed by atoms with Gasteiger partial charge in [-0.15, -0.1) is 0 Å². The van der Waals surface area contributed by atoms with Crippen molar-refractivity contribution < 1.29 is 4.92 Å². The summed E-state index contributed by atoms with van der Waals surface area (Å²) in [5.41, 5.74) is 6.43. The first-order chi connectivity index (χ1) is 11.5. The molecule has 3 rings (SSSR count). The van der Waals surface area contributed by atoms with Gasteiger partial charge in [-0.1, -0.05) is 25.1 Å². The molecule has 8 heteroatoms. The average molecular weight is 328 g/mol. The topological polar surface area (TPSA) is 110 Å². The highest BCUT2D eigenvalue weighted by atomic mass is 16.6. The number of benzene rings is 1. The summed E-state index contributed by atoms with van der Waals surface area (Å²) in [6.07, 6.45) is 2.09. The summed E-state index contributed by atoms with van der Waals surface area (Å²) >= 11 is 0. The molecule has 1 aromatic heterocycles. The fraction of sp³-hybridized carbons (Fsp3) is 0.375. The fourth-order valence-corrected chi connectivity index (χ4v) is 2.94. The van der Waals surface area contributed by atoms with E-state index in [0.717, 1.165) is 31.6 Å². The summed E-state index contributed by atoms with van der Waals surface area (Å²) in [6, 6.07) is 9.39. The Morgan fingerprint density at radius 3 is 2.75 bits per heavy atom. The van der Waals surface area contributed by atoms with Crippen LogP contribution in [0.15, 0.2) is 30.3 Å². The van der Waals surface area contributed by atoms with Crippen LogP contribution in [0.2, 0.25) is 0 Å². The van der Waals surface area contributed by atoms with Gasteiger partial charge in [-0.25, -0.2) is 0 Å². The lowest BCUT2D eigenvalue weighted by Crippen LogP contribution is -2.35. The molecule has 0 saturated carbocycles. The predicted molar refractivity (Wildman–Crippen MR) is 93.4 cm³/mol. The van der Waals surface area contributed by atoms with Crippen LogP contribution in [-0.2, 0) is 0 Å². The SMILES string of the molecule is C[C@@H]1CCCN(c2nc(Nc3ccccc3)nc(N)c2[N+](=O)[O-])C1. The van der Waals surface area contributed by atoms with Crippen molar-refractivity contribution in [3.05, 3.63) is 40.4 Å². The van der Waals surface area contributed by atoms with Gasteiger partial charge in [0.05, 0.1) is 4.92 Å². The zero-order valence-electron chi connectivity index (χ0n) is 13.5. The highest BCUT2D eigenvalue weighted by Crippen LogP contribution is 2.34. The van der Waals surface area contributed by atoms with E-state index >= 15 is 0 Å². The maximum atomic E-state index is 11.4. The van der Waals surface area contributed by atoms with Gasteiger partial charge in [0, 0.05) is 18.8 Å². The predicted octanol–water partition coefficient (Wildman–Crippen LogP) is 2.95. The Labute approximate surface area is 139 Å². The van der Waals surface area contributed by atoms with Crippen LogP contribution in [0, 0.1) is 16.0 Å². The summed E-state index contributed by atoms with van der Waals surface area (Å²) in [5.74, 6) is 0.886. The summed E-state index contributed by atoms with van der Waals surface area (Å²) in [6.45, 7) is 3.58. The third kappa shape index (κ3) is 3.37. The van der Waals surface area contributed by atoms with Crippen LogP contribution >= 0.6 is 0 Å². The van der Waals surface area contributed by atoms with Gasteiger partial charge in [-0.05, 0) is 30.9 Å². The quantitative estimate of drug-likeness (QED) is 0.655. The maximum absolute atomic E-state index is 11.4. The lowest BCUT2D eigenvalue weighted by atomic mass is 10.0. The van der Waals surface area contributed by atoms with Crippen molar-refractivity contribution in [3.8, 4) is 0 Å². The van der Waals surface area contributed by atoms with Gasteiger partial charge in [0.1, 0.15) is 0 Å². The van der Waals surface area contributed by atoms with E-state index in [-0.39, 0.29) is 23.3 Å². The second-order valence-corrected chi connectivity index (χ2v) is 6.05. The van der Waals surface area contributed by atoms with Crippen molar-refractivity contribution in [1.82, 2.24) is 9.97 Å². The number of para-hydroxylation sites is 1. The number of hydrogen-bond acceptors (Lipinski definition) is 7. The van der Waals surface area contributed by atoms with Gasteiger partial charge in [-0.3, -0.25) is 10.1 Å². The molecule has 24 heavy (non-hydrogen) atoms. The molecule has 1 fully saturated rings. The Kier molecular flexibility index (Phi) is 4.45. The van der Waals surface area contributed by atoms with Gasteiger partial charge in [0.15, 0.2) is 0 Å². The average Bonchev–Trinajstić information content (AvgIpc) is 2.55. The van der Waals surface area contributed by atoms with Crippen LogP contribution in [0.1, 0.15) is 19.8 Å². The van der Waals surface area contributed by atoms with Crippen molar-refractivity contribution >= 4 is 29.0 Å². The third-order valence-electron chi connectivity index (χ3n) is 4.06. The molecule has 0 aliphatic carbocycles. The third-order valence-corrected chi connectivity index (χ3v) is 4.06. The molecule has 1 atom stereocenters. The molecule has 1 saturated heterocycles. The van der Waals surface area contributed by atoms with Gasteiger partial charge >= 0.3 is 5.69 Å². The second-order valence-electron chi connectivity index (χ2n) is 6.05. The number of nitrogen functional groups attached to an aromatic ring is 1. The number of nitrogens with one attached hydrogen (secondary N) is 1. The second kappa shape index (κ2) is 6.69. The molecule has 0 spiro atoms. The highest BCUT2D eigenvalue weighted by Gasteiger charge is 2.29. The minimum Gasteiger partial charge on any atom is -0.378 e. The molecule has 2 aromatic rings. The standard InChI is InChI=1S/C16H20N6O2/c1-11-6-5-9-21(10-11)15-13(22(23)24)14(17)19-16(20-15)18-12-7-3-2-4-8-12/h2-4,7-8,11H,5-6,9-10H2,1H3,(H3,17,18,19,20)/t11-/m1/s1. The van der Waals surface area contributed by atoms with E-state index in [1.165, 1.54) is 0 Å². The van der Waals surface area contributed by atoms with Gasteiger partial charge in [0.2, 0.25) is 17.6 Å². The van der Waals surface area contributed by atoms with Crippen LogP contribution in [0.25, 0.3) is 0 Å². The number of nitrogens with two attached hydrogens (primary N) is 1. The molecule has 0 amide bonds. The Bertz CT molecular complexity index is 737. The molecule has 3 N–H and O–H groups in total. The normalized spacial score (nSPS) is 17.5. The van der Waals surface area contributed by atoms with E-state index in [1.54, 1.807) is 0 Å². The number of piperidine rings is 1. The Morgan fingerprint density at radius 1 is 1.33 bits per heavy atom. The van der Waals surface area contributed by atoms with E-state index < -0.39 is 4.92 Å². The number of nitrogens with zero attached hydrogens (tertiary/aromatic N) is 4. The van der Waals surface area contributed by atoms with Crippen molar-refractivity contribution in [2.75, 3.05) is 29.0 Å². The van der Waals surface area contributed by atoms with Crippen LogP contribution in [-0.4, -0.2) is 28.0 Å². The Balaban J connectivity index is 1.99. The lowest BCUT2D eigenvalue weighted by Gasteiger charge is -2.31. The lowest BCUT2D eigenvalue weighted by molar-refractivity contribution is -0.383. The first kappa shape index (κ1) is 16.0. The minimum atomic E-state index is -0.504. The van der Waals surface area contributed by atoms with Crippen LogP contribution < -0.4 is 16.0 Å². The number of anilines is 4. The number of rotatable bonds is 4. The van der Waals surface area contributed by atoms with Crippen molar-refractivity contribution in [2.24, 2.45) is 5.92 Å². The maximum Gasteiger partial charge on any atom is 0.353 e. The van der Waals surface area contributed by atoms with E-state index in [9.17, 15) is 10.1 Å². The van der Waals surface area contributed by atoms with Crippen molar-refractivity contribution in [3.63, 3.8) is 0 Å². The highest BCUT2D eigenvalue weighted by molar-refractivity contribution is 5.72. The number of aromatic nitrogens is 2. The first-order valence-electron chi connectivity index (χ1n) is 7.93. The molecule has 1 aromatic carbocycles. The van der Waals surface area contributed by atoms with E-state index in [1.807, 2.05) is 35.2 Å². The molecule has 1 aliphatic rings. The molecule has 0 unspecified atom stereocenters. The molecule has 0 bridgehead atoms. The minimum absolute atomic E-state index is 0.123. The summed E-state index contributed by atoms with van der Waals surface area (Å²) in [5, 5.41) is 14.5. The molecular weight excluding hydrogens is 308 g/mol. The fourth-order valence-electron chi connectivity index (χ4n) is 2.94. The molecule has 1 aliphatic heterocycles. The van der Waals surface area contributed by atoms with Crippen molar-refractivity contribution in [1.29, 1.82) is 0 Å². The van der Waals surface area contributed by atoms with Crippen molar-refractivity contribution in [2.45, 2.75) is 19.8 Å². The van der Waals surface area contributed by atoms with Gasteiger partial charge in [0.25, 0.3) is 0 Å². The Morgan fingerprint density at radius 2 is 2.08 bits per heavy atom. The van der Waals surface area contributed by atoms with Crippen LogP contribution in [0.3, 0.4) is 0 Å². The number of hydrogen-bond donors (Lipinski definition) is 2. The van der Waals surface area contributed by atoms with Gasteiger partial charge in [-0.2, -0.15) is 9.97 Å². The van der Waals surface area contributed by atoms with E-state index in [2.05, 4.69) is 22.2 Å². The van der Waals surface area contributed by atoms with Crippen LogP contribution in [0.5, 0.6) is 0 Å². The Hall–Kier alpha value is -2.90. The molecule has 8 nitrogen and oxygen atoms in total. The zero-order chi connectivity index (χ0) is 17.1. The van der Waals surface area contributed by atoms with E-state index in [4.69, 9.17) is 5.73 Å². The van der Waals surface area contributed by atoms with E-state index in [0.29, 0.717) is 5.92 Å². The molecule has 126 valence electrons.